The Morgan fingerprint density at radius 1 is 1.17 bits per heavy atom. The molecule has 1 fully saturated rings. The number of hydrogen-bond donors (Lipinski definition) is 2. The van der Waals surface area contributed by atoms with Crippen LogP contribution in [0.5, 0.6) is 11.5 Å². The third kappa shape index (κ3) is 4.60. The Kier molecular flexibility index (Phi) is 5.83. The summed E-state index contributed by atoms with van der Waals surface area (Å²) in [6.45, 7) is 8.53. The highest BCUT2D eigenvalue weighted by molar-refractivity contribution is 6.30. The van der Waals surface area contributed by atoms with Crippen LogP contribution in [0.3, 0.4) is 0 Å². The molecule has 4 rings (SSSR count). The van der Waals surface area contributed by atoms with Gasteiger partial charge in [-0.25, -0.2) is 0 Å². The Balaban J connectivity index is 1.28. The second kappa shape index (κ2) is 8.51. The maximum absolute atomic E-state index is 12.6. The summed E-state index contributed by atoms with van der Waals surface area (Å²) >= 11 is 6.16. The van der Waals surface area contributed by atoms with Gasteiger partial charge in [-0.15, -0.1) is 0 Å². The first-order valence-electron chi connectivity index (χ1n) is 10.0. The number of aryl methyl sites for hydroxylation is 1. The zero-order valence-electron chi connectivity index (χ0n) is 16.8. The number of carbonyl (C=O) groups is 1. The molecule has 1 saturated heterocycles. The van der Waals surface area contributed by atoms with Crippen molar-refractivity contribution in [2.45, 2.75) is 19.9 Å². The van der Waals surface area contributed by atoms with Crippen molar-refractivity contribution in [3.8, 4) is 11.5 Å². The van der Waals surface area contributed by atoms with Gasteiger partial charge in [-0.05, 0) is 49.2 Å². The minimum atomic E-state index is -0.0770. The molecule has 2 aliphatic rings. The smallest absolute Gasteiger partial charge is 0.275 e. The van der Waals surface area contributed by atoms with E-state index in [1.807, 2.05) is 37.3 Å². The van der Waals surface area contributed by atoms with Crippen LogP contribution < -0.4 is 24.6 Å². The molecule has 7 heteroatoms. The molecule has 1 atom stereocenters. The summed E-state index contributed by atoms with van der Waals surface area (Å²) in [4.78, 5) is 16.2. The largest absolute Gasteiger partial charge is 0.454 e. The van der Waals surface area contributed by atoms with E-state index in [0.717, 1.165) is 48.3 Å². The zero-order valence-corrected chi connectivity index (χ0v) is 17.6. The molecule has 1 amide bonds. The predicted octanol–water partition coefficient (Wildman–Crippen LogP) is 1.96. The molecule has 0 radical (unpaired) electrons. The van der Waals surface area contributed by atoms with Crippen LogP contribution in [0.4, 0.5) is 5.69 Å². The molecule has 0 spiro atoms. The Morgan fingerprint density at radius 2 is 1.93 bits per heavy atom. The lowest BCUT2D eigenvalue weighted by Gasteiger charge is -2.34. The van der Waals surface area contributed by atoms with Gasteiger partial charge in [-0.2, -0.15) is 0 Å². The molecule has 154 valence electrons. The van der Waals surface area contributed by atoms with E-state index in [4.69, 9.17) is 21.1 Å². The van der Waals surface area contributed by atoms with Crippen LogP contribution in [0.1, 0.15) is 24.1 Å². The van der Waals surface area contributed by atoms with E-state index >= 15 is 0 Å². The van der Waals surface area contributed by atoms with Crippen molar-refractivity contribution in [3.05, 3.63) is 52.5 Å². The van der Waals surface area contributed by atoms with Gasteiger partial charge in [0, 0.05) is 10.7 Å². The van der Waals surface area contributed by atoms with Crippen LogP contribution in [0.25, 0.3) is 0 Å². The Labute approximate surface area is 176 Å². The average molecular weight is 417 g/mol. The fourth-order valence-electron chi connectivity index (χ4n) is 3.95. The molecule has 0 unspecified atom stereocenters. The van der Waals surface area contributed by atoms with Crippen molar-refractivity contribution in [1.82, 2.24) is 5.32 Å². The minimum absolute atomic E-state index is 0.0672. The van der Waals surface area contributed by atoms with Gasteiger partial charge < -0.3 is 24.6 Å². The Bertz CT molecular complexity index is 897. The second-order valence-corrected chi connectivity index (χ2v) is 8.18. The van der Waals surface area contributed by atoms with Gasteiger partial charge in [0.1, 0.15) is 0 Å². The standard InChI is InChI=1S/C22H26ClN3O3/c1-15-3-5-18(23)12-19(15)26-9-7-25(8-10-26)13-22(27)24-16(2)17-4-6-20-21(11-17)29-14-28-20/h3-6,11-12,16H,7-10,13-14H2,1-2H3,(H,24,27)/p+1/t16-/m1/s1. The Morgan fingerprint density at radius 3 is 2.72 bits per heavy atom. The van der Waals surface area contributed by atoms with Crippen molar-refractivity contribution in [3.63, 3.8) is 0 Å². The number of anilines is 1. The van der Waals surface area contributed by atoms with E-state index in [2.05, 4.69) is 23.2 Å². The van der Waals surface area contributed by atoms with E-state index in [0.29, 0.717) is 6.54 Å². The second-order valence-electron chi connectivity index (χ2n) is 7.75. The van der Waals surface area contributed by atoms with Crippen molar-refractivity contribution in [2.24, 2.45) is 0 Å². The van der Waals surface area contributed by atoms with Crippen LogP contribution in [-0.2, 0) is 4.79 Å². The fourth-order valence-corrected chi connectivity index (χ4v) is 4.12. The van der Waals surface area contributed by atoms with E-state index in [1.165, 1.54) is 16.2 Å². The summed E-state index contributed by atoms with van der Waals surface area (Å²) in [6, 6.07) is 11.7. The molecule has 2 aromatic carbocycles. The lowest BCUT2D eigenvalue weighted by molar-refractivity contribution is -0.892. The number of amides is 1. The van der Waals surface area contributed by atoms with Gasteiger partial charge in [-0.3, -0.25) is 4.79 Å². The maximum atomic E-state index is 12.6. The third-order valence-electron chi connectivity index (χ3n) is 5.67. The molecule has 2 aliphatic heterocycles. The number of fused-ring (bicyclic) bond motifs is 1. The molecule has 0 aliphatic carbocycles. The highest BCUT2D eigenvalue weighted by Gasteiger charge is 2.24. The van der Waals surface area contributed by atoms with Gasteiger partial charge >= 0.3 is 0 Å². The normalized spacial score (nSPS) is 17.3. The number of nitrogens with zero attached hydrogens (tertiary/aromatic N) is 1. The number of carbonyl (C=O) groups excluding carboxylic acids is 1. The van der Waals surface area contributed by atoms with Crippen LogP contribution in [0.15, 0.2) is 36.4 Å². The quantitative estimate of drug-likeness (QED) is 0.782. The number of quaternary nitrogens is 1. The lowest BCUT2D eigenvalue weighted by atomic mass is 10.1. The van der Waals surface area contributed by atoms with Gasteiger partial charge in [0.2, 0.25) is 6.79 Å². The first-order valence-corrected chi connectivity index (χ1v) is 10.4. The molecule has 2 N–H and O–H groups in total. The van der Waals surface area contributed by atoms with E-state index in [-0.39, 0.29) is 18.7 Å². The molecule has 2 aromatic rings. The highest BCUT2D eigenvalue weighted by atomic mass is 35.5. The number of piperazine rings is 1. The van der Waals surface area contributed by atoms with Crippen LogP contribution in [-0.4, -0.2) is 45.4 Å². The van der Waals surface area contributed by atoms with E-state index in [9.17, 15) is 4.79 Å². The van der Waals surface area contributed by atoms with E-state index in [1.54, 1.807) is 0 Å². The zero-order chi connectivity index (χ0) is 20.4. The van der Waals surface area contributed by atoms with Crippen LogP contribution in [0, 0.1) is 6.92 Å². The number of ether oxygens (including phenoxy) is 2. The van der Waals surface area contributed by atoms with Gasteiger partial charge in [0.05, 0.1) is 32.2 Å². The first-order chi connectivity index (χ1) is 14.0. The molecular weight excluding hydrogens is 390 g/mol. The van der Waals surface area contributed by atoms with Gasteiger partial charge in [-0.1, -0.05) is 23.7 Å². The minimum Gasteiger partial charge on any atom is -0.454 e. The van der Waals surface area contributed by atoms with Crippen molar-refractivity contribution < 1.29 is 19.2 Å². The molecule has 2 heterocycles. The molecule has 0 bridgehead atoms. The topological polar surface area (TPSA) is 55.2 Å². The highest BCUT2D eigenvalue weighted by Crippen LogP contribution is 2.34. The van der Waals surface area contributed by atoms with Crippen LogP contribution >= 0.6 is 11.6 Å². The number of hydrogen-bond acceptors (Lipinski definition) is 4. The van der Waals surface area contributed by atoms with E-state index < -0.39 is 0 Å². The van der Waals surface area contributed by atoms with Crippen molar-refractivity contribution in [1.29, 1.82) is 0 Å². The summed E-state index contributed by atoms with van der Waals surface area (Å²) in [6.07, 6.45) is 0. The molecule has 29 heavy (non-hydrogen) atoms. The van der Waals surface area contributed by atoms with Crippen LogP contribution in [0.2, 0.25) is 5.02 Å². The molecule has 0 aromatic heterocycles. The number of halogens is 1. The monoisotopic (exact) mass is 416 g/mol. The third-order valence-corrected chi connectivity index (χ3v) is 5.90. The van der Waals surface area contributed by atoms with Gasteiger partial charge in [0.15, 0.2) is 18.0 Å². The first kappa shape index (κ1) is 19.9. The lowest BCUT2D eigenvalue weighted by Crippen LogP contribution is -3.16. The van der Waals surface area contributed by atoms with Crippen molar-refractivity contribution in [2.75, 3.05) is 44.4 Å². The summed E-state index contributed by atoms with van der Waals surface area (Å²) in [5, 5.41) is 3.87. The summed E-state index contributed by atoms with van der Waals surface area (Å²) < 4.78 is 10.8. The maximum Gasteiger partial charge on any atom is 0.275 e. The number of nitrogens with one attached hydrogen (secondary N) is 2. The summed E-state index contributed by atoms with van der Waals surface area (Å²) in [5.41, 5.74) is 3.43. The fraction of sp³-hybridized carbons (Fsp3) is 0.409. The molecule has 6 nitrogen and oxygen atoms in total. The predicted molar refractivity (Wildman–Crippen MR) is 113 cm³/mol. The van der Waals surface area contributed by atoms with Crippen molar-refractivity contribution >= 4 is 23.2 Å². The van der Waals surface area contributed by atoms with Gasteiger partial charge in [0.25, 0.3) is 5.91 Å². The number of rotatable bonds is 5. The SMILES string of the molecule is Cc1ccc(Cl)cc1N1CC[NH+](CC(=O)N[C@H](C)c2ccc3c(c2)OCO3)CC1. The number of benzene rings is 2. The summed E-state index contributed by atoms with van der Waals surface area (Å²) in [5.74, 6) is 1.56. The molecular formula is C22H27ClN3O3+. The Hall–Kier alpha value is -2.44. The molecule has 0 saturated carbocycles. The average Bonchev–Trinajstić information content (AvgIpc) is 3.18. The summed E-state index contributed by atoms with van der Waals surface area (Å²) in [7, 11) is 0.